The molecule has 0 spiro atoms. The summed E-state index contributed by atoms with van der Waals surface area (Å²) < 4.78 is 5.21. The molecule has 0 atom stereocenters. The minimum Gasteiger partial charge on any atom is -0.396 e. The van der Waals surface area contributed by atoms with Gasteiger partial charge in [0.25, 0.3) is 0 Å². The first-order valence-corrected chi connectivity index (χ1v) is 6.85. The highest BCUT2D eigenvalue weighted by Crippen LogP contribution is 2.22. The number of hydrogen-bond donors (Lipinski definition) is 1. The second kappa shape index (κ2) is 6.29. The van der Waals surface area contributed by atoms with Crippen LogP contribution in [0.25, 0.3) is 0 Å². The third-order valence-corrected chi connectivity index (χ3v) is 3.69. The van der Waals surface area contributed by atoms with Crippen molar-refractivity contribution in [3.63, 3.8) is 0 Å². The van der Waals surface area contributed by atoms with E-state index in [1.54, 1.807) is 0 Å². The molecule has 5 nitrogen and oxygen atoms in total. The smallest absolute Gasteiger partial charge is 0.226 e. The van der Waals surface area contributed by atoms with Gasteiger partial charge in [-0.15, -0.1) is 0 Å². The van der Waals surface area contributed by atoms with Crippen LogP contribution in [0, 0.1) is 5.92 Å². The van der Waals surface area contributed by atoms with Crippen LogP contribution in [0.1, 0.15) is 38.4 Å². The van der Waals surface area contributed by atoms with Crippen LogP contribution in [0.4, 0.5) is 0 Å². The second-order valence-electron chi connectivity index (χ2n) is 5.36. The van der Waals surface area contributed by atoms with Gasteiger partial charge in [-0.25, -0.2) is 0 Å². The molecule has 1 saturated heterocycles. The number of aromatic nitrogens is 2. The van der Waals surface area contributed by atoms with Crippen LogP contribution in [-0.2, 0) is 12.8 Å². The molecule has 5 heteroatoms. The Morgan fingerprint density at radius 2 is 2.11 bits per heavy atom. The molecule has 1 aromatic heterocycles. The maximum atomic E-state index is 8.80. The first-order chi connectivity index (χ1) is 8.69. The molecule has 0 aliphatic carbocycles. The molecule has 0 aromatic carbocycles. The zero-order valence-electron chi connectivity index (χ0n) is 11.3. The molecule has 1 aliphatic rings. The number of nitrogens with zero attached hydrogens (tertiary/aromatic N) is 3. The highest BCUT2D eigenvalue weighted by atomic mass is 16.5. The lowest BCUT2D eigenvalue weighted by molar-refractivity contribution is 0.145. The summed E-state index contributed by atoms with van der Waals surface area (Å²) in [5, 5.41) is 12.7. The Morgan fingerprint density at radius 3 is 2.72 bits per heavy atom. The Morgan fingerprint density at radius 1 is 1.39 bits per heavy atom. The summed E-state index contributed by atoms with van der Waals surface area (Å²) >= 11 is 0. The molecular formula is C13H23N3O2. The molecular weight excluding hydrogens is 230 g/mol. The van der Waals surface area contributed by atoms with Gasteiger partial charge >= 0.3 is 0 Å². The molecule has 0 bridgehead atoms. The Balaban J connectivity index is 1.80. The number of aliphatic hydroxyl groups excluding tert-OH is 1. The van der Waals surface area contributed by atoms with E-state index in [1.165, 1.54) is 25.9 Å². The molecule has 18 heavy (non-hydrogen) atoms. The molecule has 0 radical (unpaired) electrons. The molecule has 102 valence electrons. The van der Waals surface area contributed by atoms with Crippen LogP contribution in [-0.4, -0.2) is 45.9 Å². The quantitative estimate of drug-likeness (QED) is 0.856. The van der Waals surface area contributed by atoms with Crippen molar-refractivity contribution in [1.29, 1.82) is 0 Å². The van der Waals surface area contributed by atoms with E-state index in [0.717, 1.165) is 12.3 Å². The van der Waals surface area contributed by atoms with Gasteiger partial charge < -0.3 is 14.5 Å². The largest absolute Gasteiger partial charge is 0.396 e. The van der Waals surface area contributed by atoms with Gasteiger partial charge in [0.2, 0.25) is 5.89 Å². The van der Waals surface area contributed by atoms with Gasteiger partial charge in [-0.1, -0.05) is 5.16 Å². The van der Waals surface area contributed by atoms with Crippen LogP contribution in [0.3, 0.4) is 0 Å². The Labute approximate surface area is 108 Å². The van der Waals surface area contributed by atoms with Crippen molar-refractivity contribution in [3.8, 4) is 0 Å². The zero-order valence-corrected chi connectivity index (χ0v) is 11.3. The predicted molar refractivity (Wildman–Crippen MR) is 68.2 cm³/mol. The Hall–Kier alpha value is -0.940. The van der Waals surface area contributed by atoms with E-state index in [0.29, 0.717) is 24.2 Å². The fourth-order valence-corrected chi connectivity index (χ4v) is 2.50. The first-order valence-electron chi connectivity index (χ1n) is 6.85. The standard InChI is InChI=1S/C13H23N3O2/c1-10(2)16-6-3-11(4-7-16)9-13-14-12(5-8-17)15-18-13/h10-11,17H,3-9H2,1-2H3. The van der Waals surface area contributed by atoms with E-state index >= 15 is 0 Å². The van der Waals surface area contributed by atoms with Gasteiger partial charge in [-0.3, -0.25) is 0 Å². The second-order valence-corrected chi connectivity index (χ2v) is 5.36. The van der Waals surface area contributed by atoms with Gasteiger partial charge in [0.1, 0.15) is 0 Å². The number of likely N-dealkylation sites (tertiary alicyclic amines) is 1. The van der Waals surface area contributed by atoms with Crippen LogP contribution < -0.4 is 0 Å². The maximum absolute atomic E-state index is 8.80. The number of piperidine rings is 1. The van der Waals surface area contributed by atoms with Crippen molar-refractivity contribution in [2.24, 2.45) is 5.92 Å². The molecule has 0 amide bonds. The third-order valence-electron chi connectivity index (χ3n) is 3.69. The molecule has 1 aromatic rings. The molecule has 0 unspecified atom stereocenters. The van der Waals surface area contributed by atoms with Crippen LogP contribution in [0.2, 0.25) is 0 Å². The summed E-state index contributed by atoms with van der Waals surface area (Å²) in [5.41, 5.74) is 0. The third kappa shape index (κ3) is 3.53. The van der Waals surface area contributed by atoms with E-state index in [9.17, 15) is 0 Å². The van der Waals surface area contributed by atoms with Gasteiger partial charge in [0, 0.05) is 18.9 Å². The van der Waals surface area contributed by atoms with Crippen molar-refractivity contribution >= 4 is 0 Å². The van der Waals surface area contributed by atoms with Crippen LogP contribution >= 0.6 is 0 Å². The Bertz CT molecular complexity index is 357. The summed E-state index contributed by atoms with van der Waals surface area (Å²) in [6.07, 6.45) is 3.77. The number of aliphatic hydroxyl groups is 1. The average Bonchev–Trinajstić information content (AvgIpc) is 2.78. The number of hydrogen-bond acceptors (Lipinski definition) is 5. The lowest BCUT2D eigenvalue weighted by Gasteiger charge is -2.34. The van der Waals surface area contributed by atoms with Gasteiger partial charge in [-0.2, -0.15) is 4.98 Å². The molecule has 1 fully saturated rings. The zero-order chi connectivity index (χ0) is 13.0. The van der Waals surface area contributed by atoms with Gasteiger partial charge in [0.05, 0.1) is 6.61 Å². The van der Waals surface area contributed by atoms with E-state index in [1.807, 2.05) is 0 Å². The lowest BCUT2D eigenvalue weighted by atomic mass is 9.93. The minimum atomic E-state index is 0.0751. The normalized spacial score (nSPS) is 18.7. The van der Waals surface area contributed by atoms with Crippen LogP contribution in [0.15, 0.2) is 4.52 Å². The fourth-order valence-electron chi connectivity index (χ4n) is 2.50. The average molecular weight is 253 g/mol. The van der Waals surface area contributed by atoms with Crippen LogP contribution in [0.5, 0.6) is 0 Å². The topological polar surface area (TPSA) is 62.4 Å². The van der Waals surface area contributed by atoms with Crippen molar-refractivity contribution in [2.75, 3.05) is 19.7 Å². The fraction of sp³-hybridized carbons (Fsp3) is 0.846. The molecule has 1 aliphatic heterocycles. The highest BCUT2D eigenvalue weighted by molar-refractivity contribution is 4.89. The van der Waals surface area contributed by atoms with Crippen molar-refractivity contribution in [2.45, 2.75) is 45.6 Å². The van der Waals surface area contributed by atoms with E-state index in [4.69, 9.17) is 9.63 Å². The van der Waals surface area contributed by atoms with E-state index < -0.39 is 0 Å². The minimum absolute atomic E-state index is 0.0751. The maximum Gasteiger partial charge on any atom is 0.226 e. The van der Waals surface area contributed by atoms with Gasteiger partial charge in [0.15, 0.2) is 5.82 Å². The van der Waals surface area contributed by atoms with Crippen molar-refractivity contribution in [1.82, 2.24) is 15.0 Å². The lowest BCUT2D eigenvalue weighted by Crippen LogP contribution is -2.38. The molecule has 2 rings (SSSR count). The summed E-state index contributed by atoms with van der Waals surface area (Å²) in [6, 6.07) is 0.644. The van der Waals surface area contributed by atoms with E-state index in [-0.39, 0.29) is 6.61 Å². The summed E-state index contributed by atoms with van der Waals surface area (Å²) in [5.74, 6) is 2.00. The molecule has 1 N–H and O–H groups in total. The Kier molecular flexibility index (Phi) is 4.72. The van der Waals surface area contributed by atoms with E-state index in [2.05, 4.69) is 28.9 Å². The highest BCUT2D eigenvalue weighted by Gasteiger charge is 2.22. The summed E-state index contributed by atoms with van der Waals surface area (Å²) in [7, 11) is 0. The monoisotopic (exact) mass is 253 g/mol. The molecule has 0 saturated carbocycles. The summed E-state index contributed by atoms with van der Waals surface area (Å²) in [4.78, 5) is 6.81. The van der Waals surface area contributed by atoms with Gasteiger partial charge in [-0.05, 0) is 45.7 Å². The molecule has 2 heterocycles. The SMILES string of the molecule is CC(C)N1CCC(Cc2nc(CCO)no2)CC1. The van der Waals surface area contributed by atoms with Crippen molar-refractivity contribution in [3.05, 3.63) is 11.7 Å². The predicted octanol–water partition coefficient (Wildman–Crippen LogP) is 1.27. The summed E-state index contributed by atoms with van der Waals surface area (Å²) in [6.45, 7) is 6.91. The van der Waals surface area contributed by atoms with Crippen molar-refractivity contribution < 1.29 is 9.63 Å². The number of rotatable bonds is 5. The first kappa shape index (κ1) is 13.5.